The van der Waals surface area contributed by atoms with Crippen LogP contribution in [0.15, 0.2) is 57.4 Å². The second kappa shape index (κ2) is 8.41. The molecule has 0 atom stereocenters. The fourth-order valence-corrected chi connectivity index (χ4v) is 3.59. The summed E-state index contributed by atoms with van der Waals surface area (Å²) in [5.74, 6) is -2.00. The van der Waals surface area contributed by atoms with Gasteiger partial charge in [-0.25, -0.2) is 9.49 Å². The maximum absolute atomic E-state index is 14.3. The molecule has 2 aromatic carbocycles. The lowest BCUT2D eigenvalue weighted by Crippen LogP contribution is -2.16. The van der Waals surface area contributed by atoms with Crippen LogP contribution in [-0.4, -0.2) is 26.6 Å². The molecule has 0 saturated heterocycles. The zero-order valence-corrected chi connectivity index (χ0v) is 15.9. The van der Waals surface area contributed by atoms with E-state index in [4.69, 9.17) is 11.6 Å². The monoisotopic (exact) mass is 448 g/mol. The van der Waals surface area contributed by atoms with Gasteiger partial charge in [0, 0.05) is 26.6 Å². The number of H-pyrrole nitrogens is 1. The molecule has 0 bridgehead atoms. The number of carbonyl (C=O) groups excluding carboxylic acids is 1. The first-order valence-corrected chi connectivity index (χ1v) is 9.44. The van der Waals surface area contributed by atoms with Gasteiger partial charge in [0.05, 0.1) is 5.56 Å². The van der Waals surface area contributed by atoms with Crippen LogP contribution in [0.1, 0.15) is 10.4 Å². The van der Waals surface area contributed by atoms with Crippen molar-refractivity contribution in [3.05, 3.63) is 58.9 Å². The second-order valence-corrected chi connectivity index (χ2v) is 7.72. The van der Waals surface area contributed by atoms with Gasteiger partial charge in [0.15, 0.2) is 0 Å². The standard InChI is InChI=1S/C16H9ClF4N4OS2/c17-8-4-6-9(7-5-8)27-11-3-1-2-10(18)12(11)13(26)22-14-23-15(25-24-14)28-16(19,20)21/h1-7H,(H2,22,23,24,25,26). The van der Waals surface area contributed by atoms with Crippen LogP contribution in [0.5, 0.6) is 0 Å². The number of amides is 1. The van der Waals surface area contributed by atoms with Gasteiger partial charge in [0.25, 0.3) is 5.91 Å². The maximum atomic E-state index is 14.3. The first-order chi connectivity index (χ1) is 13.2. The minimum absolute atomic E-state index is 0.274. The van der Waals surface area contributed by atoms with Gasteiger partial charge in [-0.1, -0.05) is 29.4 Å². The first kappa shape index (κ1) is 20.5. The van der Waals surface area contributed by atoms with Gasteiger partial charge < -0.3 is 0 Å². The summed E-state index contributed by atoms with van der Waals surface area (Å²) in [6.45, 7) is 0. The Morgan fingerprint density at radius 3 is 2.54 bits per heavy atom. The lowest BCUT2D eigenvalue weighted by atomic mass is 10.2. The summed E-state index contributed by atoms with van der Waals surface area (Å²) in [5.41, 5.74) is -4.85. The van der Waals surface area contributed by atoms with E-state index in [1.165, 1.54) is 6.07 Å². The lowest BCUT2D eigenvalue weighted by molar-refractivity contribution is -0.0330. The average molecular weight is 449 g/mol. The number of rotatable bonds is 5. The highest BCUT2D eigenvalue weighted by Gasteiger charge is 2.32. The molecule has 3 rings (SSSR count). The van der Waals surface area contributed by atoms with Crippen molar-refractivity contribution >= 4 is 47.0 Å². The van der Waals surface area contributed by atoms with E-state index in [1.807, 2.05) is 0 Å². The van der Waals surface area contributed by atoms with Crippen molar-refractivity contribution in [1.29, 1.82) is 0 Å². The number of anilines is 1. The van der Waals surface area contributed by atoms with E-state index >= 15 is 0 Å². The smallest absolute Gasteiger partial charge is 0.291 e. The van der Waals surface area contributed by atoms with Crippen molar-refractivity contribution in [2.45, 2.75) is 20.5 Å². The largest absolute Gasteiger partial charge is 0.449 e. The van der Waals surface area contributed by atoms with E-state index in [0.717, 1.165) is 17.8 Å². The Balaban J connectivity index is 1.80. The van der Waals surface area contributed by atoms with Crippen LogP contribution in [0.4, 0.5) is 23.5 Å². The van der Waals surface area contributed by atoms with Crippen LogP contribution in [-0.2, 0) is 0 Å². The van der Waals surface area contributed by atoms with Gasteiger partial charge >= 0.3 is 5.51 Å². The summed E-state index contributed by atoms with van der Waals surface area (Å²) in [6, 6.07) is 10.8. The molecule has 1 heterocycles. The Labute approximate surface area is 169 Å². The number of hydrogen-bond acceptors (Lipinski definition) is 5. The zero-order valence-electron chi connectivity index (χ0n) is 13.6. The summed E-state index contributed by atoms with van der Waals surface area (Å²) >= 11 is 6.42. The number of halogens is 5. The molecule has 0 aliphatic heterocycles. The molecule has 0 aliphatic carbocycles. The van der Waals surface area contributed by atoms with E-state index in [1.54, 1.807) is 30.3 Å². The SMILES string of the molecule is O=C(Nc1nc(SC(F)(F)F)n[nH]1)c1c(F)cccc1Sc1ccc(Cl)cc1. The summed E-state index contributed by atoms with van der Waals surface area (Å²) in [4.78, 5) is 17.0. The Kier molecular flexibility index (Phi) is 6.16. The van der Waals surface area contributed by atoms with Crippen LogP contribution >= 0.6 is 35.1 Å². The molecular formula is C16H9ClF4N4OS2. The third-order valence-electron chi connectivity index (χ3n) is 3.15. The highest BCUT2D eigenvalue weighted by Crippen LogP contribution is 2.35. The number of hydrogen-bond donors (Lipinski definition) is 2. The molecule has 28 heavy (non-hydrogen) atoms. The molecule has 3 aromatic rings. The van der Waals surface area contributed by atoms with Crippen LogP contribution in [0.25, 0.3) is 0 Å². The molecule has 0 unspecified atom stereocenters. The van der Waals surface area contributed by atoms with Gasteiger partial charge in [-0.2, -0.15) is 18.2 Å². The molecule has 0 fully saturated rings. The van der Waals surface area contributed by atoms with Gasteiger partial charge in [0.1, 0.15) is 5.82 Å². The second-order valence-electron chi connectivity index (χ2n) is 5.14. The minimum atomic E-state index is -4.57. The molecule has 0 aliphatic rings. The fraction of sp³-hybridized carbons (Fsp3) is 0.0625. The molecule has 146 valence electrons. The number of aromatic amines is 1. The number of aromatic nitrogens is 3. The Hall–Kier alpha value is -2.24. The number of alkyl halides is 3. The van der Waals surface area contributed by atoms with E-state index in [9.17, 15) is 22.4 Å². The molecule has 5 nitrogen and oxygen atoms in total. The third kappa shape index (κ3) is 5.40. The number of nitrogens with zero attached hydrogens (tertiary/aromatic N) is 2. The van der Waals surface area contributed by atoms with Crippen LogP contribution in [0.2, 0.25) is 5.02 Å². The molecule has 2 N–H and O–H groups in total. The number of carbonyl (C=O) groups is 1. The summed E-state index contributed by atoms with van der Waals surface area (Å²) < 4.78 is 51.3. The number of benzene rings is 2. The third-order valence-corrected chi connectivity index (χ3v) is 5.06. The summed E-state index contributed by atoms with van der Waals surface area (Å²) in [6.07, 6.45) is 0. The average Bonchev–Trinajstić information content (AvgIpc) is 3.01. The van der Waals surface area contributed by atoms with Gasteiger partial charge in [-0.05, 0) is 36.4 Å². The van der Waals surface area contributed by atoms with E-state index in [2.05, 4.69) is 20.5 Å². The van der Waals surface area contributed by atoms with Gasteiger partial charge in [-0.15, -0.1) is 5.10 Å². The van der Waals surface area contributed by atoms with E-state index in [0.29, 0.717) is 14.8 Å². The van der Waals surface area contributed by atoms with Crippen molar-refractivity contribution in [3.8, 4) is 0 Å². The van der Waals surface area contributed by atoms with Gasteiger partial charge in [0.2, 0.25) is 11.1 Å². The molecule has 0 spiro atoms. The zero-order chi connectivity index (χ0) is 20.3. The highest BCUT2D eigenvalue weighted by atomic mass is 35.5. The summed E-state index contributed by atoms with van der Waals surface area (Å²) in [7, 11) is 0. The maximum Gasteiger partial charge on any atom is 0.449 e. The van der Waals surface area contributed by atoms with E-state index < -0.39 is 34.2 Å². The first-order valence-electron chi connectivity index (χ1n) is 7.43. The predicted molar refractivity (Wildman–Crippen MR) is 98.2 cm³/mol. The molecule has 0 saturated carbocycles. The molecular weight excluding hydrogens is 440 g/mol. The molecule has 1 amide bonds. The quantitative estimate of drug-likeness (QED) is 0.392. The molecule has 12 heteroatoms. The number of nitrogens with one attached hydrogen (secondary N) is 2. The topological polar surface area (TPSA) is 70.7 Å². The van der Waals surface area contributed by atoms with Crippen molar-refractivity contribution in [2.24, 2.45) is 0 Å². The Morgan fingerprint density at radius 1 is 1.14 bits per heavy atom. The Morgan fingerprint density at radius 2 is 1.86 bits per heavy atom. The Bertz CT molecular complexity index is 995. The fourth-order valence-electron chi connectivity index (χ4n) is 2.06. The predicted octanol–water partition coefficient (Wildman–Crippen LogP) is 5.61. The van der Waals surface area contributed by atoms with Crippen LogP contribution in [0.3, 0.4) is 0 Å². The van der Waals surface area contributed by atoms with Crippen molar-refractivity contribution in [2.75, 3.05) is 5.32 Å². The van der Waals surface area contributed by atoms with Crippen molar-refractivity contribution in [3.63, 3.8) is 0 Å². The van der Waals surface area contributed by atoms with Crippen molar-refractivity contribution in [1.82, 2.24) is 15.2 Å². The molecule has 0 radical (unpaired) electrons. The minimum Gasteiger partial charge on any atom is -0.291 e. The van der Waals surface area contributed by atoms with Crippen LogP contribution < -0.4 is 5.32 Å². The van der Waals surface area contributed by atoms with Crippen LogP contribution in [0, 0.1) is 5.82 Å². The summed E-state index contributed by atoms with van der Waals surface area (Å²) in [5, 5.41) is 7.64. The number of thioether (sulfide) groups is 1. The highest BCUT2D eigenvalue weighted by molar-refractivity contribution is 8.00. The molecule has 1 aromatic heterocycles. The normalized spacial score (nSPS) is 11.5. The van der Waals surface area contributed by atoms with Crippen molar-refractivity contribution < 1.29 is 22.4 Å². The van der Waals surface area contributed by atoms with E-state index in [-0.39, 0.29) is 11.5 Å². The lowest BCUT2D eigenvalue weighted by Gasteiger charge is -2.10. The van der Waals surface area contributed by atoms with Gasteiger partial charge in [-0.3, -0.25) is 10.1 Å².